The van der Waals surface area contributed by atoms with Crippen LogP contribution >= 0.6 is 11.8 Å². The average molecular weight is 465 g/mol. The summed E-state index contributed by atoms with van der Waals surface area (Å²) in [4.78, 5) is 51.4. The normalized spacial score (nSPS) is 18.5. The lowest BCUT2D eigenvalue weighted by atomic mass is 10.0. The summed E-state index contributed by atoms with van der Waals surface area (Å²) in [6.45, 7) is 2.02. The van der Waals surface area contributed by atoms with Crippen molar-refractivity contribution in [1.82, 2.24) is 15.5 Å². The van der Waals surface area contributed by atoms with Crippen molar-refractivity contribution in [3.63, 3.8) is 0 Å². The van der Waals surface area contributed by atoms with Crippen molar-refractivity contribution in [3.8, 4) is 0 Å². The SMILES string of the molecule is CSCCC(NC(=O)C1CCCN1C(=O)C(C)N)C(=O)NC(Cc1ccccc1)C(=O)O. The Bertz CT molecular complexity index is 805. The Kier molecular flexibility index (Phi) is 9.98. The largest absolute Gasteiger partial charge is 0.480 e. The smallest absolute Gasteiger partial charge is 0.326 e. The molecule has 3 amide bonds. The number of nitrogens with one attached hydrogen (secondary N) is 2. The Morgan fingerprint density at radius 2 is 1.88 bits per heavy atom. The minimum atomic E-state index is -1.15. The number of nitrogens with two attached hydrogens (primary N) is 1. The number of amides is 3. The number of carbonyl (C=O) groups excluding carboxylic acids is 3. The lowest BCUT2D eigenvalue weighted by Crippen LogP contribution is -2.56. The number of carboxylic acid groups (broad SMARTS) is 1. The molecule has 10 heteroatoms. The molecule has 1 aliphatic rings. The number of benzene rings is 1. The first kappa shape index (κ1) is 25.7. The number of carboxylic acids is 1. The molecule has 176 valence electrons. The molecule has 4 atom stereocenters. The van der Waals surface area contributed by atoms with Crippen LogP contribution in [0.2, 0.25) is 0 Å². The van der Waals surface area contributed by atoms with E-state index in [1.807, 2.05) is 12.3 Å². The summed E-state index contributed by atoms with van der Waals surface area (Å²) in [6, 6.07) is 5.59. The van der Waals surface area contributed by atoms with Crippen molar-refractivity contribution < 1.29 is 24.3 Å². The van der Waals surface area contributed by atoms with E-state index in [9.17, 15) is 24.3 Å². The van der Waals surface area contributed by atoms with E-state index in [-0.39, 0.29) is 12.3 Å². The van der Waals surface area contributed by atoms with Gasteiger partial charge in [0, 0.05) is 13.0 Å². The summed E-state index contributed by atoms with van der Waals surface area (Å²) < 4.78 is 0. The van der Waals surface area contributed by atoms with Gasteiger partial charge >= 0.3 is 5.97 Å². The minimum absolute atomic E-state index is 0.129. The maximum Gasteiger partial charge on any atom is 0.326 e. The van der Waals surface area contributed by atoms with E-state index in [2.05, 4.69) is 10.6 Å². The van der Waals surface area contributed by atoms with Gasteiger partial charge in [0.05, 0.1) is 6.04 Å². The molecule has 5 N–H and O–H groups in total. The van der Waals surface area contributed by atoms with Crippen molar-refractivity contribution in [2.75, 3.05) is 18.6 Å². The van der Waals surface area contributed by atoms with Crippen LogP contribution in [0.25, 0.3) is 0 Å². The van der Waals surface area contributed by atoms with Crippen LogP contribution in [0, 0.1) is 0 Å². The van der Waals surface area contributed by atoms with Crippen molar-refractivity contribution in [1.29, 1.82) is 0 Å². The van der Waals surface area contributed by atoms with E-state index >= 15 is 0 Å². The number of aliphatic carboxylic acids is 1. The van der Waals surface area contributed by atoms with E-state index in [1.165, 1.54) is 16.7 Å². The Morgan fingerprint density at radius 1 is 1.19 bits per heavy atom. The van der Waals surface area contributed by atoms with Crippen molar-refractivity contribution in [2.45, 2.75) is 56.8 Å². The molecule has 9 nitrogen and oxygen atoms in total. The van der Waals surface area contributed by atoms with E-state index in [0.717, 1.165) is 5.56 Å². The second-order valence-corrected chi connectivity index (χ2v) is 8.90. The fourth-order valence-corrected chi connectivity index (χ4v) is 4.13. The lowest BCUT2D eigenvalue weighted by molar-refractivity contribution is -0.143. The predicted molar refractivity (Wildman–Crippen MR) is 123 cm³/mol. The highest BCUT2D eigenvalue weighted by Crippen LogP contribution is 2.19. The number of rotatable bonds is 11. The first-order valence-corrected chi connectivity index (χ1v) is 12.1. The number of hydrogen-bond donors (Lipinski definition) is 4. The van der Waals surface area contributed by atoms with Gasteiger partial charge in [-0.15, -0.1) is 0 Å². The number of hydrogen-bond acceptors (Lipinski definition) is 6. The highest BCUT2D eigenvalue weighted by molar-refractivity contribution is 7.98. The third kappa shape index (κ3) is 7.23. The third-order valence-corrected chi connectivity index (χ3v) is 6.01. The third-order valence-electron chi connectivity index (χ3n) is 5.37. The molecule has 1 saturated heterocycles. The zero-order valence-electron chi connectivity index (χ0n) is 18.5. The second-order valence-electron chi connectivity index (χ2n) is 7.91. The molecule has 1 heterocycles. The fraction of sp³-hybridized carbons (Fsp3) is 0.545. The Balaban J connectivity index is 2.08. The Labute approximate surface area is 192 Å². The molecule has 0 radical (unpaired) electrons. The van der Waals surface area contributed by atoms with Crippen LogP contribution in [-0.4, -0.2) is 76.4 Å². The zero-order valence-corrected chi connectivity index (χ0v) is 19.3. The van der Waals surface area contributed by atoms with Crippen LogP contribution in [0.1, 0.15) is 31.7 Å². The number of nitrogens with zero attached hydrogens (tertiary/aromatic N) is 1. The summed E-state index contributed by atoms with van der Waals surface area (Å²) in [7, 11) is 0. The minimum Gasteiger partial charge on any atom is -0.480 e. The molecule has 1 aliphatic heterocycles. The molecular formula is C22H32N4O5S. The van der Waals surface area contributed by atoms with Gasteiger partial charge < -0.3 is 26.4 Å². The average Bonchev–Trinajstić information content (AvgIpc) is 3.25. The maximum atomic E-state index is 12.9. The quantitative estimate of drug-likeness (QED) is 0.371. The molecule has 32 heavy (non-hydrogen) atoms. The summed E-state index contributed by atoms with van der Waals surface area (Å²) in [6.07, 6.45) is 3.52. The van der Waals surface area contributed by atoms with Gasteiger partial charge in [0.25, 0.3) is 0 Å². The van der Waals surface area contributed by atoms with Gasteiger partial charge in [0.2, 0.25) is 17.7 Å². The van der Waals surface area contributed by atoms with Crippen LogP contribution < -0.4 is 16.4 Å². The molecule has 0 bridgehead atoms. The number of thioether (sulfide) groups is 1. The van der Waals surface area contributed by atoms with Crippen LogP contribution in [0.15, 0.2) is 30.3 Å². The second kappa shape index (κ2) is 12.4. The van der Waals surface area contributed by atoms with Gasteiger partial charge in [-0.05, 0) is 43.8 Å². The van der Waals surface area contributed by atoms with Gasteiger partial charge in [-0.25, -0.2) is 4.79 Å². The van der Waals surface area contributed by atoms with Crippen molar-refractivity contribution in [3.05, 3.63) is 35.9 Å². The van der Waals surface area contributed by atoms with E-state index in [0.29, 0.717) is 31.6 Å². The van der Waals surface area contributed by atoms with Gasteiger partial charge in [-0.2, -0.15) is 11.8 Å². The molecule has 1 fully saturated rings. The van der Waals surface area contributed by atoms with Crippen LogP contribution in [0.5, 0.6) is 0 Å². The van der Waals surface area contributed by atoms with Crippen molar-refractivity contribution >= 4 is 35.5 Å². The molecular weight excluding hydrogens is 432 g/mol. The molecule has 1 aromatic rings. The fourth-order valence-electron chi connectivity index (χ4n) is 3.66. The number of likely N-dealkylation sites (tertiary alicyclic amines) is 1. The first-order chi connectivity index (χ1) is 15.2. The lowest BCUT2D eigenvalue weighted by Gasteiger charge is -2.28. The van der Waals surface area contributed by atoms with Gasteiger partial charge in [0.15, 0.2) is 0 Å². The van der Waals surface area contributed by atoms with E-state index in [4.69, 9.17) is 5.73 Å². The molecule has 0 aromatic heterocycles. The molecule has 2 rings (SSSR count). The highest BCUT2D eigenvalue weighted by Gasteiger charge is 2.37. The van der Waals surface area contributed by atoms with E-state index in [1.54, 1.807) is 31.2 Å². The Morgan fingerprint density at radius 3 is 2.47 bits per heavy atom. The molecule has 0 saturated carbocycles. The predicted octanol–water partition coefficient (Wildman–Crippen LogP) is 0.375. The zero-order chi connectivity index (χ0) is 23.7. The summed E-state index contributed by atoms with van der Waals surface area (Å²) in [5.74, 6) is -1.84. The van der Waals surface area contributed by atoms with Gasteiger partial charge in [0.1, 0.15) is 18.1 Å². The monoisotopic (exact) mass is 464 g/mol. The van der Waals surface area contributed by atoms with Gasteiger partial charge in [-0.3, -0.25) is 14.4 Å². The van der Waals surface area contributed by atoms with Crippen LogP contribution in [0.4, 0.5) is 0 Å². The summed E-state index contributed by atoms with van der Waals surface area (Å²) in [5.41, 5.74) is 6.47. The summed E-state index contributed by atoms with van der Waals surface area (Å²) >= 11 is 1.52. The maximum absolute atomic E-state index is 12.9. The molecule has 1 aromatic carbocycles. The van der Waals surface area contributed by atoms with Gasteiger partial charge in [-0.1, -0.05) is 30.3 Å². The highest BCUT2D eigenvalue weighted by atomic mass is 32.2. The molecule has 4 unspecified atom stereocenters. The topological polar surface area (TPSA) is 142 Å². The standard InChI is InChI=1S/C22H32N4O5S/c1-14(23)21(29)26-11-6-9-18(26)20(28)24-16(10-12-32-2)19(27)25-17(22(30)31)13-15-7-4-3-5-8-15/h3-5,7-8,14,16-18H,6,9-13,23H2,1-2H3,(H,24,28)(H,25,27)(H,30,31). The van der Waals surface area contributed by atoms with Crippen LogP contribution in [-0.2, 0) is 25.6 Å². The number of carbonyl (C=O) groups is 4. The van der Waals surface area contributed by atoms with E-state index < -0.39 is 42.0 Å². The van der Waals surface area contributed by atoms with Crippen molar-refractivity contribution in [2.24, 2.45) is 5.73 Å². The Hall–Kier alpha value is -2.59. The molecule has 0 spiro atoms. The first-order valence-electron chi connectivity index (χ1n) is 10.7. The summed E-state index contributed by atoms with van der Waals surface area (Å²) in [5, 5.41) is 14.9. The molecule has 0 aliphatic carbocycles. The van der Waals surface area contributed by atoms with Crippen LogP contribution in [0.3, 0.4) is 0 Å².